The van der Waals surface area contributed by atoms with Gasteiger partial charge in [0.15, 0.2) is 0 Å². The van der Waals surface area contributed by atoms with Crippen LogP contribution in [0.5, 0.6) is 0 Å². The molecule has 1 aromatic heterocycles. The van der Waals surface area contributed by atoms with Crippen molar-refractivity contribution in [3.05, 3.63) is 16.1 Å². The Morgan fingerprint density at radius 1 is 1.25 bits per heavy atom. The second-order valence-corrected chi connectivity index (χ2v) is 7.45. The van der Waals surface area contributed by atoms with Gasteiger partial charge in [-0.3, -0.25) is 9.59 Å². The van der Waals surface area contributed by atoms with Crippen molar-refractivity contribution in [2.75, 3.05) is 13.1 Å². The molecule has 1 heterocycles. The summed E-state index contributed by atoms with van der Waals surface area (Å²) in [4.78, 5) is 30.7. The van der Waals surface area contributed by atoms with E-state index in [0.29, 0.717) is 31.1 Å². The van der Waals surface area contributed by atoms with E-state index >= 15 is 0 Å². The number of nitrogens with one attached hydrogen (secondary N) is 1. The zero-order valence-electron chi connectivity index (χ0n) is 15.4. The van der Waals surface area contributed by atoms with Gasteiger partial charge in [0.25, 0.3) is 5.91 Å². The molecule has 0 unspecified atom stereocenters. The summed E-state index contributed by atoms with van der Waals surface area (Å²) in [6.45, 7) is 10.2. The topological polar surface area (TPSA) is 62.3 Å². The molecule has 0 atom stereocenters. The lowest BCUT2D eigenvalue weighted by molar-refractivity contribution is -0.132. The maximum atomic E-state index is 12.4. The molecule has 136 valence electrons. The fourth-order valence-electron chi connectivity index (χ4n) is 2.24. The first-order valence-corrected chi connectivity index (χ1v) is 9.86. The number of carbonyl (C=O) groups is 2. The van der Waals surface area contributed by atoms with Crippen molar-refractivity contribution in [3.63, 3.8) is 0 Å². The minimum Gasteiger partial charge on any atom is -0.351 e. The Bertz CT molecular complexity index is 514. The van der Waals surface area contributed by atoms with Crippen molar-refractivity contribution in [1.29, 1.82) is 0 Å². The summed E-state index contributed by atoms with van der Waals surface area (Å²) < 4.78 is 0. The maximum absolute atomic E-state index is 12.4. The quantitative estimate of drug-likeness (QED) is 0.615. The van der Waals surface area contributed by atoms with Crippen LogP contribution in [0.2, 0.25) is 0 Å². The van der Waals surface area contributed by atoms with Gasteiger partial charge in [0, 0.05) is 24.9 Å². The number of nitrogens with zero attached hydrogens (tertiary/aromatic N) is 2. The van der Waals surface area contributed by atoms with E-state index in [1.54, 1.807) is 5.38 Å². The Hall–Kier alpha value is -1.43. The monoisotopic (exact) mass is 353 g/mol. The molecule has 0 aliphatic carbocycles. The molecule has 6 heteroatoms. The molecule has 0 fully saturated rings. The van der Waals surface area contributed by atoms with Crippen molar-refractivity contribution in [1.82, 2.24) is 15.2 Å². The number of carbonyl (C=O) groups excluding carboxylic acids is 2. The number of amides is 2. The van der Waals surface area contributed by atoms with Gasteiger partial charge in [-0.2, -0.15) is 0 Å². The number of hydrogen-bond acceptors (Lipinski definition) is 4. The summed E-state index contributed by atoms with van der Waals surface area (Å²) in [6.07, 6.45) is 4.61. The predicted octanol–water partition coefficient (Wildman–Crippen LogP) is 3.85. The van der Waals surface area contributed by atoms with Gasteiger partial charge in [0.1, 0.15) is 10.7 Å². The van der Waals surface area contributed by atoms with Crippen LogP contribution in [-0.2, 0) is 11.3 Å². The van der Waals surface area contributed by atoms with Crippen molar-refractivity contribution in [2.24, 2.45) is 5.92 Å². The van der Waals surface area contributed by atoms with Crippen LogP contribution >= 0.6 is 11.3 Å². The highest BCUT2D eigenvalue weighted by atomic mass is 32.1. The summed E-state index contributed by atoms with van der Waals surface area (Å²) in [5.74, 6) is 0.389. The lowest BCUT2D eigenvalue weighted by Crippen LogP contribution is -2.32. The van der Waals surface area contributed by atoms with Crippen LogP contribution in [0.25, 0.3) is 0 Å². The second-order valence-electron chi connectivity index (χ2n) is 6.50. The molecule has 1 aromatic rings. The van der Waals surface area contributed by atoms with Gasteiger partial charge in [-0.05, 0) is 18.8 Å². The van der Waals surface area contributed by atoms with Gasteiger partial charge >= 0.3 is 0 Å². The number of aromatic nitrogens is 1. The van der Waals surface area contributed by atoms with E-state index in [-0.39, 0.29) is 11.8 Å². The lowest BCUT2D eigenvalue weighted by atomic mass is 10.1. The highest BCUT2D eigenvalue weighted by molar-refractivity contribution is 7.09. The van der Waals surface area contributed by atoms with Gasteiger partial charge in [0.05, 0.1) is 6.54 Å². The van der Waals surface area contributed by atoms with Crippen molar-refractivity contribution in [3.8, 4) is 0 Å². The van der Waals surface area contributed by atoms with E-state index in [9.17, 15) is 9.59 Å². The minimum absolute atomic E-state index is 0.125. The first-order valence-electron chi connectivity index (χ1n) is 8.98. The smallest absolute Gasteiger partial charge is 0.270 e. The first-order chi connectivity index (χ1) is 11.5. The van der Waals surface area contributed by atoms with Gasteiger partial charge in [0.2, 0.25) is 5.91 Å². The SMILES string of the molecule is CCCCNC(=O)c1csc(CN(CCCC)C(=O)CC(C)C)n1. The van der Waals surface area contributed by atoms with Crippen LogP contribution in [-0.4, -0.2) is 34.8 Å². The largest absolute Gasteiger partial charge is 0.351 e. The van der Waals surface area contributed by atoms with E-state index in [2.05, 4.69) is 38.0 Å². The van der Waals surface area contributed by atoms with Crippen LogP contribution < -0.4 is 5.32 Å². The third-order valence-corrected chi connectivity index (χ3v) is 4.48. The molecule has 0 saturated carbocycles. The third-order valence-electron chi connectivity index (χ3n) is 3.64. The zero-order chi connectivity index (χ0) is 17.9. The fourth-order valence-corrected chi connectivity index (χ4v) is 3.03. The van der Waals surface area contributed by atoms with Gasteiger partial charge in [-0.1, -0.05) is 40.5 Å². The van der Waals surface area contributed by atoms with E-state index in [1.807, 2.05) is 4.90 Å². The van der Waals surface area contributed by atoms with Crippen LogP contribution in [0.4, 0.5) is 0 Å². The molecule has 0 saturated heterocycles. The molecule has 0 bridgehead atoms. The van der Waals surface area contributed by atoms with E-state index in [0.717, 1.165) is 37.2 Å². The fraction of sp³-hybridized carbons (Fsp3) is 0.722. The van der Waals surface area contributed by atoms with E-state index < -0.39 is 0 Å². The third kappa shape index (κ3) is 7.43. The van der Waals surface area contributed by atoms with Crippen LogP contribution in [0.3, 0.4) is 0 Å². The number of hydrogen-bond donors (Lipinski definition) is 1. The Labute approximate surface area is 149 Å². The molecule has 0 spiro atoms. The second kappa shape index (κ2) is 11.2. The normalized spacial score (nSPS) is 10.9. The molecule has 5 nitrogen and oxygen atoms in total. The molecule has 0 radical (unpaired) electrons. The van der Waals surface area contributed by atoms with Crippen molar-refractivity contribution < 1.29 is 9.59 Å². The van der Waals surface area contributed by atoms with Crippen molar-refractivity contribution >= 4 is 23.2 Å². The molecule has 1 rings (SSSR count). The predicted molar refractivity (Wildman–Crippen MR) is 99.1 cm³/mol. The van der Waals surface area contributed by atoms with Gasteiger partial charge < -0.3 is 10.2 Å². The average molecular weight is 354 g/mol. The molecule has 0 aliphatic rings. The molecule has 0 aliphatic heterocycles. The summed E-state index contributed by atoms with van der Waals surface area (Å²) in [5.41, 5.74) is 0.456. The number of rotatable bonds is 11. The lowest BCUT2D eigenvalue weighted by Gasteiger charge is -2.22. The Balaban J connectivity index is 2.66. The first kappa shape index (κ1) is 20.6. The summed E-state index contributed by atoms with van der Waals surface area (Å²) >= 11 is 1.45. The van der Waals surface area contributed by atoms with Crippen LogP contribution in [0.15, 0.2) is 5.38 Å². The molecular weight excluding hydrogens is 322 g/mol. The Morgan fingerprint density at radius 3 is 2.58 bits per heavy atom. The van der Waals surface area contributed by atoms with E-state index in [1.165, 1.54) is 11.3 Å². The Kier molecular flexibility index (Phi) is 9.60. The highest BCUT2D eigenvalue weighted by Crippen LogP contribution is 2.15. The minimum atomic E-state index is -0.125. The summed E-state index contributed by atoms with van der Waals surface area (Å²) in [6, 6.07) is 0. The summed E-state index contributed by atoms with van der Waals surface area (Å²) in [7, 11) is 0. The molecule has 0 aromatic carbocycles. The Morgan fingerprint density at radius 2 is 1.96 bits per heavy atom. The van der Waals surface area contributed by atoms with E-state index in [4.69, 9.17) is 0 Å². The average Bonchev–Trinajstić information content (AvgIpc) is 2.99. The molecular formula is C18H31N3O2S. The molecule has 1 N–H and O–H groups in total. The maximum Gasteiger partial charge on any atom is 0.270 e. The van der Waals surface area contributed by atoms with Crippen LogP contribution in [0.1, 0.15) is 75.3 Å². The van der Waals surface area contributed by atoms with Gasteiger partial charge in [-0.15, -0.1) is 11.3 Å². The number of unbranched alkanes of at least 4 members (excludes halogenated alkanes) is 2. The molecule has 24 heavy (non-hydrogen) atoms. The van der Waals surface area contributed by atoms with Crippen LogP contribution in [0, 0.1) is 5.92 Å². The molecule has 2 amide bonds. The van der Waals surface area contributed by atoms with Gasteiger partial charge in [-0.25, -0.2) is 4.98 Å². The van der Waals surface area contributed by atoms with Crippen molar-refractivity contribution in [2.45, 2.75) is 66.3 Å². The summed E-state index contributed by atoms with van der Waals surface area (Å²) in [5, 5.41) is 5.48. The highest BCUT2D eigenvalue weighted by Gasteiger charge is 2.18. The zero-order valence-corrected chi connectivity index (χ0v) is 16.2. The number of thiazole rings is 1. The standard InChI is InChI=1S/C18H31N3O2S/c1-5-7-9-19-18(23)15-13-24-16(20-15)12-21(10-8-6-2)17(22)11-14(3)4/h13-14H,5-12H2,1-4H3,(H,19,23).